The summed E-state index contributed by atoms with van der Waals surface area (Å²) in [6.45, 7) is 0.402. The Kier molecular flexibility index (Phi) is 4.42. The van der Waals surface area contributed by atoms with E-state index in [4.69, 9.17) is 11.2 Å². The lowest BCUT2D eigenvalue weighted by molar-refractivity contribution is -0.384. The Morgan fingerprint density at radius 3 is 2.81 bits per heavy atom. The molecule has 0 atom stereocenters. The lowest BCUT2D eigenvalue weighted by atomic mass is 10.1. The van der Waals surface area contributed by atoms with E-state index >= 15 is 0 Å². The quantitative estimate of drug-likeness (QED) is 0.519. The number of nitro benzene ring substituents is 1. The van der Waals surface area contributed by atoms with Gasteiger partial charge in [0.15, 0.2) is 0 Å². The van der Waals surface area contributed by atoms with E-state index in [2.05, 4.69) is 11.2 Å². The fourth-order valence-electron chi connectivity index (χ4n) is 1.93. The van der Waals surface area contributed by atoms with E-state index in [0.29, 0.717) is 17.9 Å². The van der Waals surface area contributed by atoms with E-state index in [9.17, 15) is 10.1 Å². The van der Waals surface area contributed by atoms with Crippen LogP contribution in [0, 0.1) is 22.5 Å². The average molecular weight is 282 g/mol. The van der Waals surface area contributed by atoms with Gasteiger partial charge in [-0.2, -0.15) is 0 Å². The zero-order valence-electron chi connectivity index (χ0n) is 11.5. The highest BCUT2D eigenvalue weighted by atomic mass is 16.6. The number of rotatable bonds is 5. The molecule has 0 bridgehead atoms. The van der Waals surface area contributed by atoms with E-state index in [0.717, 1.165) is 11.3 Å². The highest BCUT2D eigenvalue weighted by Crippen LogP contribution is 2.25. The lowest BCUT2D eigenvalue weighted by Crippen LogP contribution is -2.03. The fraction of sp³-hybridized carbons (Fsp3) is 0.125. The number of benzene rings is 2. The zero-order valence-corrected chi connectivity index (χ0v) is 11.5. The van der Waals surface area contributed by atoms with Crippen molar-refractivity contribution in [3.05, 3.63) is 63.7 Å². The predicted octanol–water partition coefficient (Wildman–Crippen LogP) is 3.20. The van der Waals surface area contributed by atoms with Crippen molar-refractivity contribution in [3.8, 4) is 18.1 Å². The first-order valence-electron chi connectivity index (χ1n) is 6.26. The molecule has 0 aromatic heterocycles. The number of nitrogens with one attached hydrogen (secondary N) is 1. The van der Waals surface area contributed by atoms with E-state index < -0.39 is 4.92 Å². The van der Waals surface area contributed by atoms with E-state index in [1.54, 1.807) is 6.07 Å². The Morgan fingerprint density at radius 2 is 2.14 bits per heavy atom. The molecule has 5 nitrogen and oxygen atoms in total. The Hall–Kier alpha value is -3.00. The summed E-state index contributed by atoms with van der Waals surface area (Å²) in [5.74, 6) is 3.16. The van der Waals surface area contributed by atoms with Gasteiger partial charge < -0.3 is 10.1 Å². The maximum Gasteiger partial charge on any atom is 0.270 e. The van der Waals surface area contributed by atoms with Crippen LogP contribution in [0.2, 0.25) is 0 Å². The molecule has 1 N–H and O–H groups in total. The average Bonchev–Trinajstić information content (AvgIpc) is 2.52. The number of terminal acetylenes is 1. The molecule has 0 unspecified atom stereocenters. The van der Waals surface area contributed by atoms with Crippen molar-refractivity contribution >= 4 is 11.4 Å². The number of non-ortho nitro benzene ring substituents is 1. The van der Waals surface area contributed by atoms with Crippen LogP contribution >= 0.6 is 0 Å². The van der Waals surface area contributed by atoms with Crippen LogP contribution in [0.15, 0.2) is 42.5 Å². The molecule has 0 amide bonds. The summed E-state index contributed by atoms with van der Waals surface area (Å²) in [5.41, 5.74) is 2.35. The molecule has 2 rings (SSSR count). The Bertz CT molecular complexity index is 705. The van der Waals surface area contributed by atoms with E-state index in [-0.39, 0.29) is 5.69 Å². The third-order valence-corrected chi connectivity index (χ3v) is 2.99. The van der Waals surface area contributed by atoms with Crippen molar-refractivity contribution in [1.82, 2.24) is 0 Å². The molecular weight excluding hydrogens is 268 g/mol. The molecule has 2 aromatic carbocycles. The number of nitro groups is 1. The van der Waals surface area contributed by atoms with Crippen LogP contribution in [0.25, 0.3) is 0 Å². The molecule has 21 heavy (non-hydrogen) atoms. The minimum Gasteiger partial charge on any atom is -0.496 e. The van der Waals surface area contributed by atoms with Crippen molar-refractivity contribution in [2.75, 3.05) is 12.4 Å². The molecule has 0 saturated carbocycles. The minimum absolute atomic E-state index is 0.0324. The summed E-state index contributed by atoms with van der Waals surface area (Å²) < 4.78 is 5.22. The summed E-state index contributed by atoms with van der Waals surface area (Å²) in [6.07, 6.45) is 5.35. The molecule has 0 aliphatic carbocycles. The SMILES string of the molecule is C#Cc1cccc(NCc2cc([N+](=O)[O-])ccc2OC)c1. The second kappa shape index (κ2) is 6.44. The highest BCUT2D eigenvalue weighted by Gasteiger charge is 2.11. The predicted molar refractivity (Wildman–Crippen MR) is 81.4 cm³/mol. The molecule has 0 fully saturated rings. The van der Waals surface area contributed by atoms with Gasteiger partial charge in [0.2, 0.25) is 0 Å². The molecule has 2 aromatic rings. The van der Waals surface area contributed by atoms with Crippen LogP contribution in [0.4, 0.5) is 11.4 Å². The van der Waals surface area contributed by atoms with Gasteiger partial charge in [-0.05, 0) is 24.3 Å². The molecule has 0 aliphatic heterocycles. The monoisotopic (exact) mass is 282 g/mol. The van der Waals surface area contributed by atoms with Gasteiger partial charge in [0.05, 0.1) is 12.0 Å². The molecule has 0 saturated heterocycles. The van der Waals surface area contributed by atoms with Gasteiger partial charge >= 0.3 is 0 Å². The number of anilines is 1. The van der Waals surface area contributed by atoms with Crippen molar-refractivity contribution in [1.29, 1.82) is 0 Å². The van der Waals surface area contributed by atoms with Gasteiger partial charge in [-0.1, -0.05) is 12.0 Å². The second-order valence-electron chi connectivity index (χ2n) is 4.33. The van der Waals surface area contributed by atoms with E-state index in [1.165, 1.54) is 19.2 Å². The van der Waals surface area contributed by atoms with E-state index in [1.807, 2.05) is 24.3 Å². The third kappa shape index (κ3) is 3.51. The Morgan fingerprint density at radius 1 is 1.33 bits per heavy atom. The summed E-state index contributed by atoms with van der Waals surface area (Å²) in [4.78, 5) is 10.4. The van der Waals surface area contributed by atoms with Gasteiger partial charge in [0.1, 0.15) is 5.75 Å². The number of hydrogen-bond donors (Lipinski definition) is 1. The molecule has 106 valence electrons. The van der Waals surface area contributed by atoms with Crippen molar-refractivity contribution < 1.29 is 9.66 Å². The molecule has 0 aliphatic rings. The molecular formula is C16H14N2O3. The molecule has 0 heterocycles. The van der Waals surface area contributed by atoms with Gasteiger partial charge in [-0.15, -0.1) is 6.42 Å². The smallest absolute Gasteiger partial charge is 0.270 e. The number of nitrogens with zero attached hydrogens (tertiary/aromatic N) is 1. The first kappa shape index (κ1) is 14.4. The highest BCUT2D eigenvalue weighted by molar-refractivity contribution is 5.52. The first-order valence-corrected chi connectivity index (χ1v) is 6.26. The lowest BCUT2D eigenvalue weighted by Gasteiger charge is -2.10. The molecule has 0 spiro atoms. The summed E-state index contributed by atoms with van der Waals surface area (Å²) in [6, 6.07) is 11.9. The van der Waals surface area contributed by atoms with Crippen LogP contribution in [0.1, 0.15) is 11.1 Å². The van der Waals surface area contributed by atoms with Gasteiger partial charge in [0, 0.05) is 35.5 Å². The maximum absolute atomic E-state index is 10.8. The standard InChI is InChI=1S/C16H14N2O3/c1-3-12-5-4-6-14(9-12)17-11-13-10-15(18(19)20)7-8-16(13)21-2/h1,4-10,17H,11H2,2H3. The van der Waals surface area contributed by atoms with Gasteiger partial charge in [-0.3, -0.25) is 10.1 Å². The van der Waals surface area contributed by atoms with Crippen LogP contribution in [-0.4, -0.2) is 12.0 Å². The Balaban J connectivity index is 2.20. The Labute approximate surface area is 122 Å². The maximum atomic E-state index is 10.8. The van der Waals surface area contributed by atoms with Crippen molar-refractivity contribution in [3.63, 3.8) is 0 Å². The van der Waals surface area contributed by atoms with Gasteiger partial charge in [-0.25, -0.2) is 0 Å². The van der Waals surface area contributed by atoms with Crippen LogP contribution < -0.4 is 10.1 Å². The first-order chi connectivity index (χ1) is 10.1. The van der Waals surface area contributed by atoms with Crippen LogP contribution in [0.3, 0.4) is 0 Å². The summed E-state index contributed by atoms with van der Waals surface area (Å²) in [5, 5.41) is 14.0. The number of ether oxygens (including phenoxy) is 1. The molecule has 5 heteroatoms. The van der Waals surface area contributed by atoms with Crippen LogP contribution in [0.5, 0.6) is 5.75 Å². The third-order valence-electron chi connectivity index (χ3n) is 2.99. The second-order valence-corrected chi connectivity index (χ2v) is 4.33. The zero-order chi connectivity index (χ0) is 15.2. The molecule has 0 radical (unpaired) electrons. The summed E-state index contributed by atoms with van der Waals surface area (Å²) >= 11 is 0. The van der Waals surface area contributed by atoms with Gasteiger partial charge in [0.25, 0.3) is 5.69 Å². The normalized spacial score (nSPS) is 9.71. The van der Waals surface area contributed by atoms with Crippen molar-refractivity contribution in [2.24, 2.45) is 0 Å². The topological polar surface area (TPSA) is 64.4 Å². The van der Waals surface area contributed by atoms with Crippen molar-refractivity contribution in [2.45, 2.75) is 6.54 Å². The number of methoxy groups -OCH3 is 1. The number of hydrogen-bond acceptors (Lipinski definition) is 4. The summed E-state index contributed by atoms with van der Waals surface area (Å²) in [7, 11) is 1.53. The minimum atomic E-state index is -0.429. The van der Waals surface area contributed by atoms with Crippen LogP contribution in [-0.2, 0) is 6.54 Å². The largest absolute Gasteiger partial charge is 0.496 e. The fourth-order valence-corrected chi connectivity index (χ4v) is 1.93.